The van der Waals surface area contributed by atoms with Crippen LogP contribution in [0, 0.1) is 11.3 Å². The predicted molar refractivity (Wildman–Crippen MR) is 164 cm³/mol. The summed E-state index contributed by atoms with van der Waals surface area (Å²) in [5, 5.41) is 0. The molecule has 3 aromatic carbocycles. The summed E-state index contributed by atoms with van der Waals surface area (Å²) in [5.41, 5.74) is 2.87. The first-order valence-corrected chi connectivity index (χ1v) is 15.5. The van der Waals surface area contributed by atoms with Crippen molar-refractivity contribution in [2.75, 3.05) is 46.4 Å². The third-order valence-corrected chi connectivity index (χ3v) is 10.0. The first-order valence-electron chi connectivity index (χ1n) is 14.7. The van der Waals surface area contributed by atoms with Crippen LogP contribution in [0.2, 0.25) is 0 Å². The van der Waals surface area contributed by atoms with Crippen molar-refractivity contribution in [1.82, 2.24) is 14.7 Å². The molecule has 6 nitrogen and oxygen atoms in total. The van der Waals surface area contributed by atoms with Crippen LogP contribution in [0.4, 0.5) is 0 Å². The summed E-state index contributed by atoms with van der Waals surface area (Å²) >= 11 is 3.50. The quantitative estimate of drug-likeness (QED) is 0.336. The van der Waals surface area contributed by atoms with Crippen LogP contribution in [-0.2, 0) is 11.3 Å². The van der Waals surface area contributed by atoms with Crippen molar-refractivity contribution in [2.45, 2.75) is 31.7 Å². The second-order valence-electron chi connectivity index (χ2n) is 11.9. The van der Waals surface area contributed by atoms with Gasteiger partial charge in [0.2, 0.25) is 5.91 Å². The fourth-order valence-corrected chi connectivity index (χ4v) is 7.37. The van der Waals surface area contributed by atoms with Gasteiger partial charge in [-0.2, -0.15) is 0 Å². The number of benzene rings is 3. The van der Waals surface area contributed by atoms with Crippen LogP contribution < -0.4 is 4.74 Å². The Morgan fingerprint density at radius 3 is 2.32 bits per heavy atom. The SMILES string of the molecule is COc1ccccc1C(=O)N1CC(c2ccccc2)[C@@H](CN2CCC3(CC2)CCN(Cc2ccc(Br)cc2)C3=O)C1. The Hall–Kier alpha value is -3.16. The molecule has 3 fully saturated rings. The maximum atomic E-state index is 13.6. The van der Waals surface area contributed by atoms with Crippen molar-refractivity contribution in [3.05, 3.63) is 100 Å². The standard InChI is InChI=1S/C34H38BrN3O3/c1-41-31-10-6-5-9-29(31)32(39)38-23-27(30(24-38)26-7-3-2-4-8-26)22-36-18-15-34(16-19-36)17-20-37(33(34)40)21-25-11-13-28(35)14-12-25/h2-14,27,30H,15-24H2,1H3/t27-,30?/m0/s1. The number of methoxy groups -OCH3 is 1. The molecule has 0 aromatic heterocycles. The van der Waals surface area contributed by atoms with Gasteiger partial charge in [-0.15, -0.1) is 0 Å². The molecule has 0 radical (unpaired) electrons. The van der Waals surface area contributed by atoms with Gasteiger partial charge < -0.3 is 19.4 Å². The van der Waals surface area contributed by atoms with Gasteiger partial charge in [-0.1, -0.05) is 70.5 Å². The number of hydrogen-bond acceptors (Lipinski definition) is 4. The molecule has 0 bridgehead atoms. The molecule has 214 valence electrons. The number of hydrogen-bond donors (Lipinski definition) is 0. The number of carbonyl (C=O) groups excluding carboxylic acids is 2. The zero-order chi connectivity index (χ0) is 28.4. The van der Waals surface area contributed by atoms with Crippen LogP contribution >= 0.6 is 15.9 Å². The van der Waals surface area contributed by atoms with Gasteiger partial charge in [-0.25, -0.2) is 0 Å². The van der Waals surface area contributed by atoms with Gasteiger partial charge in [0, 0.05) is 43.1 Å². The highest BCUT2D eigenvalue weighted by Gasteiger charge is 2.48. The molecule has 1 unspecified atom stereocenters. The Balaban J connectivity index is 1.11. The fourth-order valence-electron chi connectivity index (χ4n) is 7.10. The van der Waals surface area contributed by atoms with Crippen LogP contribution in [0.5, 0.6) is 5.75 Å². The molecular weight excluding hydrogens is 578 g/mol. The van der Waals surface area contributed by atoms with Crippen molar-refractivity contribution in [1.29, 1.82) is 0 Å². The van der Waals surface area contributed by atoms with Crippen LogP contribution in [0.1, 0.15) is 46.7 Å². The number of rotatable bonds is 7. The van der Waals surface area contributed by atoms with E-state index in [0.29, 0.717) is 36.2 Å². The van der Waals surface area contributed by atoms with Gasteiger partial charge in [-0.3, -0.25) is 9.59 Å². The average molecular weight is 617 g/mol. The average Bonchev–Trinajstić information content (AvgIpc) is 3.56. The lowest BCUT2D eigenvalue weighted by molar-refractivity contribution is -0.139. The molecular formula is C34H38BrN3O3. The summed E-state index contributed by atoms with van der Waals surface area (Å²) in [6.45, 7) is 5.74. The fraction of sp³-hybridized carbons (Fsp3) is 0.412. The topological polar surface area (TPSA) is 53.1 Å². The van der Waals surface area contributed by atoms with E-state index in [4.69, 9.17) is 4.74 Å². The minimum Gasteiger partial charge on any atom is -0.496 e. The lowest BCUT2D eigenvalue weighted by Gasteiger charge is -2.39. The van der Waals surface area contributed by atoms with E-state index in [1.54, 1.807) is 7.11 Å². The first-order chi connectivity index (χ1) is 20.0. The molecule has 6 rings (SSSR count). The van der Waals surface area contributed by atoms with E-state index in [1.807, 2.05) is 47.4 Å². The number of amides is 2. The molecule has 3 saturated heterocycles. The maximum absolute atomic E-state index is 13.6. The van der Waals surface area contributed by atoms with E-state index in [-0.39, 0.29) is 17.2 Å². The number of halogens is 1. The van der Waals surface area contributed by atoms with Gasteiger partial charge in [0.15, 0.2) is 0 Å². The number of piperidine rings is 1. The first kappa shape index (κ1) is 28.0. The van der Waals surface area contributed by atoms with E-state index in [0.717, 1.165) is 56.5 Å². The lowest BCUT2D eigenvalue weighted by Crippen LogP contribution is -2.46. The van der Waals surface area contributed by atoms with Crippen LogP contribution in [-0.4, -0.2) is 72.9 Å². The van der Waals surface area contributed by atoms with E-state index in [9.17, 15) is 9.59 Å². The minimum atomic E-state index is -0.216. The third-order valence-electron chi connectivity index (χ3n) is 9.49. The Kier molecular flexibility index (Phi) is 8.18. The Morgan fingerprint density at radius 1 is 0.902 bits per heavy atom. The second-order valence-corrected chi connectivity index (χ2v) is 12.8. The molecule has 1 spiro atoms. The Labute approximate surface area is 251 Å². The largest absolute Gasteiger partial charge is 0.496 e. The molecule has 2 amide bonds. The molecule has 0 aliphatic carbocycles. The molecule has 7 heteroatoms. The highest BCUT2D eigenvalue weighted by atomic mass is 79.9. The number of ether oxygens (including phenoxy) is 1. The predicted octanol–water partition coefficient (Wildman–Crippen LogP) is 5.83. The highest BCUT2D eigenvalue weighted by molar-refractivity contribution is 9.10. The van der Waals surface area contributed by atoms with E-state index < -0.39 is 0 Å². The normalized spacial score (nSPS) is 22.4. The number of nitrogens with zero attached hydrogens (tertiary/aromatic N) is 3. The van der Waals surface area contributed by atoms with E-state index in [1.165, 1.54) is 11.1 Å². The maximum Gasteiger partial charge on any atom is 0.257 e. The van der Waals surface area contributed by atoms with Gasteiger partial charge in [-0.05, 0) is 73.7 Å². The van der Waals surface area contributed by atoms with E-state index in [2.05, 4.69) is 62.1 Å². The van der Waals surface area contributed by atoms with Gasteiger partial charge in [0.05, 0.1) is 18.1 Å². The van der Waals surface area contributed by atoms with Gasteiger partial charge in [0.25, 0.3) is 5.91 Å². The zero-order valence-corrected chi connectivity index (χ0v) is 25.3. The van der Waals surface area contributed by atoms with Crippen molar-refractivity contribution in [2.24, 2.45) is 11.3 Å². The van der Waals surface area contributed by atoms with Gasteiger partial charge in [0.1, 0.15) is 5.75 Å². The molecule has 3 aliphatic heterocycles. The highest BCUT2D eigenvalue weighted by Crippen LogP contribution is 2.43. The van der Waals surface area contributed by atoms with Crippen molar-refractivity contribution in [3.63, 3.8) is 0 Å². The van der Waals surface area contributed by atoms with Crippen molar-refractivity contribution in [3.8, 4) is 5.75 Å². The molecule has 41 heavy (non-hydrogen) atoms. The zero-order valence-electron chi connectivity index (χ0n) is 23.7. The summed E-state index contributed by atoms with van der Waals surface area (Å²) < 4.78 is 6.55. The number of likely N-dealkylation sites (tertiary alicyclic amines) is 3. The van der Waals surface area contributed by atoms with E-state index >= 15 is 0 Å². The summed E-state index contributed by atoms with van der Waals surface area (Å²) in [4.78, 5) is 33.8. The monoisotopic (exact) mass is 615 g/mol. The number of carbonyl (C=O) groups is 2. The molecule has 2 atom stereocenters. The summed E-state index contributed by atoms with van der Waals surface area (Å²) in [6.07, 6.45) is 2.78. The number of para-hydroxylation sites is 1. The molecule has 3 heterocycles. The summed E-state index contributed by atoms with van der Waals surface area (Å²) in [6, 6.07) is 26.4. The second kappa shape index (κ2) is 12.0. The summed E-state index contributed by atoms with van der Waals surface area (Å²) in [5.74, 6) is 1.59. The third kappa shape index (κ3) is 5.80. The molecule has 3 aliphatic rings. The van der Waals surface area contributed by atoms with Crippen LogP contribution in [0.3, 0.4) is 0 Å². The van der Waals surface area contributed by atoms with Crippen molar-refractivity contribution >= 4 is 27.7 Å². The minimum absolute atomic E-state index is 0.0332. The summed E-state index contributed by atoms with van der Waals surface area (Å²) in [7, 11) is 1.61. The van der Waals surface area contributed by atoms with Crippen LogP contribution in [0.25, 0.3) is 0 Å². The lowest BCUT2D eigenvalue weighted by atomic mass is 9.76. The van der Waals surface area contributed by atoms with Gasteiger partial charge >= 0.3 is 0 Å². The molecule has 0 N–H and O–H groups in total. The van der Waals surface area contributed by atoms with Crippen LogP contribution in [0.15, 0.2) is 83.3 Å². The Bertz CT molecular complexity index is 1370. The Morgan fingerprint density at radius 2 is 1.59 bits per heavy atom. The van der Waals surface area contributed by atoms with Crippen molar-refractivity contribution < 1.29 is 14.3 Å². The smallest absolute Gasteiger partial charge is 0.257 e. The molecule has 0 saturated carbocycles. The molecule has 3 aromatic rings.